The monoisotopic (exact) mass is 482 g/mol. The number of thioether (sulfide) groups is 1. The third kappa shape index (κ3) is 4.82. The van der Waals surface area contributed by atoms with Gasteiger partial charge in [-0.3, -0.25) is 9.79 Å². The van der Waals surface area contributed by atoms with Crippen molar-refractivity contribution in [3.63, 3.8) is 0 Å². The molecule has 0 fully saturated rings. The Kier molecular flexibility index (Phi) is 7.26. The Bertz CT molecular complexity index is 876. The van der Waals surface area contributed by atoms with E-state index in [0.29, 0.717) is 35.3 Å². The molecule has 0 saturated carbocycles. The van der Waals surface area contributed by atoms with Gasteiger partial charge in [0, 0.05) is 28.6 Å². The van der Waals surface area contributed by atoms with Crippen molar-refractivity contribution in [3.8, 4) is 11.5 Å². The molecule has 2 aliphatic heterocycles. The number of amidine groups is 1. The number of benzene rings is 2. The number of hydrogen-bond acceptors (Lipinski definition) is 6. The van der Waals surface area contributed by atoms with Gasteiger partial charge in [0.2, 0.25) is 0 Å². The average molecular weight is 484 g/mol. The molecule has 2 heterocycles. The van der Waals surface area contributed by atoms with E-state index in [9.17, 15) is 4.79 Å². The lowest BCUT2D eigenvalue weighted by molar-refractivity contribution is 0.100. The maximum absolute atomic E-state index is 13.0. The number of carbonyl (C=O) groups is 1. The van der Waals surface area contributed by atoms with Crippen molar-refractivity contribution in [1.29, 1.82) is 0 Å². The van der Waals surface area contributed by atoms with Crippen molar-refractivity contribution < 1.29 is 14.3 Å². The van der Waals surface area contributed by atoms with E-state index in [2.05, 4.69) is 4.99 Å². The predicted octanol–water partition coefficient (Wildman–Crippen LogP) is 4.87. The molecular weight excluding hydrogens is 464 g/mol. The van der Waals surface area contributed by atoms with Gasteiger partial charge in [0.1, 0.15) is 13.2 Å². The molecule has 2 aliphatic rings. The van der Waals surface area contributed by atoms with Crippen molar-refractivity contribution in [2.75, 3.05) is 37.0 Å². The van der Waals surface area contributed by atoms with E-state index < -0.39 is 0 Å². The number of halogens is 2. The minimum absolute atomic E-state index is 0. The SMILES string of the molecule is Br.O=C(CN(C1=NCCCS1)c1ccc(Cl)cc1)c1ccc2c(c1)OCCO2. The second-order valence-corrected chi connectivity index (χ2v) is 7.71. The quantitative estimate of drug-likeness (QED) is 0.581. The summed E-state index contributed by atoms with van der Waals surface area (Å²) in [5.74, 6) is 2.30. The number of rotatable bonds is 4. The van der Waals surface area contributed by atoms with E-state index in [1.165, 1.54) is 0 Å². The summed E-state index contributed by atoms with van der Waals surface area (Å²) in [6.45, 7) is 2.01. The van der Waals surface area contributed by atoms with Gasteiger partial charge in [-0.2, -0.15) is 0 Å². The molecule has 0 radical (unpaired) electrons. The van der Waals surface area contributed by atoms with Gasteiger partial charge in [-0.15, -0.1) is 17.0 Å². The van der Waals surface area contributed by atoms with Gasteiger partial charge in [-0.1, -0.05) is 23.4 Å². The fourth-order valence-corrected chi connectivity index (χ4v) is 4.04. The molecule has 0 saturated heterocycles. The average Bonchev–Trinajstić information content (AvgIpc) is 2.73. The highest BCUT2D eigenvalue weighted by atomic mass is 79.9. The number of nitrogens with zero attached hydrogens (tertiary/aromatic N) is 2. The molecule has 0 aromatic heterocycles. The summed E-state index contributed by atoms with van der Waals surface area (Å²) in [7, 11) is 0. The molecule has 28 heavy (non-hydrogen) atoms. The normalized spacial score (nSPS) is 15.2. The Hall–Kier alpha value is -1.70. The van der Waals surface area contributed by atoms with E-state index >= 15 is 0 Å². The molecule has 0 bridgehead atoms. The molecule has 148 valence electrons. The molecular formula is C20H20BrClN2O3S. The zero-order valence-electron chi connectivity index (χ0n) is 15.1. The highest BCUT2D eigenvalue weighted by Gasteiger charge is 2.22. The highest BCUT2D eigenvalue weighted by Crippen LogP contribution is 2.31. The second kappa shape index (κ2) is 9.67. The first kappa shape index (κ1) is 21.0. The van der Waals surface area contributed by atoms with Crippen LogP contribution in [0, 0.1) is 0 Å². The van der Waals surface area contributed by atoms with Crippen LogP contribution in [-0.4, -0.2) is 43.0 Å². The largest absolute Gasteiger partial charge is 0.486 e. The highest BCUT2D eigenvalue weighted by molar-refractivity contribution is 8.93. The Labute approximate surface area is 183 Å². The van der Waals surface area contributed by atoms with Crippen molar-refractivity contribution in [3.05, 3.63) is 53.1 Å². The van der Waals surface area contributed by atoms with Gasteiger partial charge in [0.25, 0.3) is 0 Å². The molecule has 0 unspecified atom stereocenters. The third-order valence-corrected chi connectivity index (χ3v) is 5.67. The van der Waals surface area contributed by atoms with Gasteiger partial charge in [0.15, 0.2) is 22.4 Å². The van der Waals surface area contributed by atoms with Crippen LogP contribution in [-0.2, 0) is 0 Å². The Balaban J connectivity index is 0.00000225. The van der Waals surface area contributed by atoms with Crippen LogP contribution in [0.5, 0.6) is 11.5 Å². The summed E-state index contributed by atoms with van der Waals surface area (Å²) in [5.41, 5.74) is 1.50. The summed E-state index contributed by atoms with van der Waals surface area (Å²) < 4.78 is 11.1. The van der Waals surface area contributed by atoms with Crippen molar-refractivity contribution in [2.45, 2.75) is 6.42 Å². The third-order valence-electron chi connectivity index (χ3n) is 4.32. The van der Waals surface area contributed by atoms with Gasteiger partial charge in [0.05, 0.1) is 6.54 Å². The van der Waals surface area contributed by atoms with E-state index in [1.807, 2.05) is 29.2 Å². The summed E-state index contributed by atoms with van der Waals surface area (Å²) >= 11 is 7.70. The van der Waals surface area contributed by atoms with E-state index in [-0.39, 0.29) is 29.3 Å². The molecule has 0 spiro atoms. The topological polar surface area (TPSA) is 51.1 Å². The lowest BCUT2D eigenvalue weighted by Gasteiger charge is -2.27. The first-order valence-electron chi connectivity index (χ1n) is 8.84. The standard InChI is InChI=1S/C20H19ClN2O3S.BrH/c21-15-3-5-16(6-4-15)23(20-22-8-1-11-27-20)13-17(24)14-2-7-18-19(12-14)26-10-9-25-18;/h2-7,12H,1,8-11,13H2;1H. The van der Waals surface area contributed by atoms with Crippen LogP contribution < -0.4 is 14.4 Å². The lowest BCUT2D eigenvalue weighted by atomic mass is 10.1. The molecule has 2 aromatic carbocycles. The van der Waals surface area contributed by atoms with Crippen LogP contribution in [0.1, 0.15) is 16.8 Å². The van der Waals surface area contributed by atoms with E-state index in [1.54, 1.807) is 30.0 Å². The maximum Gasteiger partial charge on any atom is 0.182 e. The van der Waals surface area contributed by atoms with Crippen LogP contribution in [0.15, 0.2) is 47.5 Å². The minimum Gasteiger partial charge on any atom is -0.486 e. The number of anilines is 1. The van der Waals surface area contributed by atoms with Crippen molar-refractivity contribution in [1.82, 2.24) is 0 Å². The second-order valence-electron chi connectivity index (χ2n) is 6.21. The Morgan fingerprint density at radius 1 is 1.11 bits per heavy atom. The van der Waals surface area contributed by atoms with Crippen molar-refractivity contribution >= 4 is 57.0 Å². The number of Topliss-reactive ketones (excluding diaryl/α,β-unsaturated/α-hetero) is 1. The van der Waals surface area contributed by atoms with Gasteiger partial charge in [-0.05, 0) is 48.9 Å². The van der Waals surface area contributed by atoms with Gasteiger partial charge < -0.3 is 14.4 Å². The first-order chi connectivity index (χ1) is 13.2. The fraction of sp³-hybridized carbons (Fsp3) is 0.300. The molecule has 4 rings (SSSR count). The molecule has 5 nitrogen and oxygen atoms in total. The maximum atomic E-state index is 13.0. The van der Waals surface area contributed by atoms with E-state index in [0.717, 1.165) is 29.6 Å². The first-order valence-corrected chi connectivity index (χ1v) is 10.2. The number of carbonyl (C=O) groups excluding carboxylic acids is 1. The molecule has 0 N–H and O–H groups in total. The van der Waals surface area contributed by atoms with Gasteiger partial charge >= 0.3 is 0 Å². The van der Waals surface area contributed by atoms with Crippen LogP contribution in [0.25, 0.3) is 0 Å². The molecule has 0 amide bonds. The van der Waals surface area contributed by atoms with Crippen LogP contribution in [0.4, 0.5) is 5.69 Å². The zero-order chi connectivity index (χ0) is 18.6. The number of ketones is 1. The predicted molar refractivity (Wildman–Crippen MR) is 120 cm³/mol. The molecule has 8 heteroatoms. The van der Waals surface area contributed by atoms with Crippen LogP contribution in [0.3, 0.4) is 0 Å². The Morgan fingerprint density at radius 3 is 2.57 bits per heavy atom. The van der Waals surface area contributed by atoms with E-state index in [4.69, 9.17) is 21.1 Å². The van der Waals surface area contributed by atoms with Crippen LogP contribution in [0.2, 0.25) is 5.02 Å². The molecule has 0 aliphatic carbocycles. The number of ether oxygens (including phenoxy) is 2. The zero-order valence-corrected chi connectivity index (χ0v) is 18.4. The molecule has 0 atom stereocenters. The smallest absolute Gasteiger partial charge is 0.182 e. The lowest BCUT2D eigenvalue weighted by Crippen LogP contribution is -2.35. The minimum atomic E-state index is -0.00389. The summed E-state index contributed by atoms with van der Waals surface area (Å²) in [6, 6.07) is 12.8. The number of fused-ring (bicyclic) bond motifs is 1. The Morgan fingerprint density at radius 2 is 1.86 bits per heavy atom. The molecule has 2 aromatic rings. The van der Waals surface area contributed by atoms with Crippen LogP contribution >= 0.6 is 40.3 Å². The summed E-state index contributed by atoms with van der Waals surface area (Å²) in [4.78, 5) is 19.6. The van der Waals surface area contributed by atoms with Crippen molar-refractivity contribution in [2.24, 2.45) is 4.99 Å². The fourth-order valence-electron chi connectivity index (χ4n) is 2.95. The summed E-state index contributed by atoms with van der Waals surface area (Å²) in [5, 5.41) is 1.53. The number of hydrogen-bond donors (Lipinski definition) is 0. The number of aliphatic imine (C=N–C) groups is 1. The van der Waals surface area contributed by atoms with Gasteiger partial charge in [-0.25, -0.2) is 0 Å². The summed E-state index contributed by atoms with van der Waals surface area (Å²) in [6.07, 6.45) is 1.05.